The average Bonchev–Trinajstić information content (AvgIpc) is 3.08. The van der Waals surface area contributed by atoms with Crippen LogP contribution in [0.5, 0.6) is 0 Å². The van der Waals surface area contributed by atoms with Crippen LogP contribution in [0, 0.1) is 0 Å². The molecule has 1 atom stereocenters. The van der Waals surface area contributed by atoms with Gasteiger partial charge in [-0.2, -0.15) is 4.98 Å². The number of morpholine rings is 1. The third kappa shape index (κ3) is 5.02. The van der Waals surface area contributed by atoms with E-state index >= 15 is 0 Å². The minimum Gasteiger partial charge on any atom is -0.378 e. The highest BCUT2D eigenvalue weighted by atomic mass is 35.5. The smallest absolute Gasteiger partial charge is 0.224 e. The van der Waals surface area contributed by atoms with Crippen molar-refractivity contribution in [3.63, 3.8) is 0 Å². The number of likely N-dealkylation sites (tertiary alicyclic amines) is 1. The van der Waals surface area contributed by atoms with Gasteiger partial charge in [0.25, 0.3) is 0 Å². The van der Waals surface area contributed by atoms with Crippen LogP contribution in [0.3, 0.4) is 0 Å². The topological polar surface area (TPSA) is 53.5 Å². The molecular weight excluding hydrogens is 385 g/mol. The molecule has 0 bridgehead atoms. The standard InChI is InChI=1S/C19H23Cl2N5O/c20-15-9-14(10-16(21)11-15)12-25-4-2-17(13-25)23-19-22-3-1-18(24-19)26-5-7-27-8-6-26/h1,3,9-11,17H,2,4-8,12-13H2,(H,22,23,24). The fourth-order valence-electron chi connectivity index (χ4n) is 3.62. The predicted molar refractivity (Wildman–Crippen MR) is 109 cm³/mol. The highest BCUT2D eigenvalue weighted by molar-refractivity contribution is 6.34. The van der Waals surface area contributed by atoms with Gasteiger partial charge in [-0.25, -0.2) is 4.98 Å². The number of anilines is 2. The second-order valence-corrected chi connectivity index (χ2v) is 7.85. The van der Waals surface area contributed by atoms with Crippen molar-refractivity contribution >= 4 is 35.0 Å². The lowest BCUT2D eigenvalue weighted by Crippen LogP contribution is -2.37. The van der Waals surface area contributed by atoms with Crippen molar-refractivity contribution in [2.45, 2.75) is 19.0 Å². The van der Waals surface area contributed by atoms with Crippen molar-refractivity contribution in [1.82, 2.24) is 14.9 Å². The highest BCUT2D eigenvalue weighted by Crippen LogP contribution is 2.22. The summed E-state index contributed by atoms with van der Waals surface area (Å²) in [6.45, 7) is 6.04. The molecule has 0 spiro atoms. The van der Waals surface area contributed by atoms with Crippen molar-refractivity contribution in [1.29, 1.82) is 0 Å². The molecular formula is C19H23Cl2N5O. The Balaban J connectivity index is 1.34. The van der Waals surface area contributed by atoms with Gasteiger partial charge in [-0.3, -0.25) is 4.90 Å². The maximum atomic E-state index is 6.11. The Morgan fingerprint density at radius 3 is 2.67 bits per heavy atom. The average molecular weight is 408 g/mol. The SMILES string of the molecule is Clc1cc(Cl)cc(CN2CCC(Nc3nccc(N4CCOCC4)n3)C2)c1. The summed E-state index contributed by atoms with van der Waals surface area (Å²) in [4.78, 5) is 13.7. The molecule has 8 heteroatoms. The molecule has 1 N–H and O–H groups in total. The van der Waals surface area contributed by atoms with Crippen LogP contribution in [0.4, 0.5) is 11.8 Å². The number of hydrogen-bond acceptors (Lipinski definition) is 6. The molecule has 6 nitrogen and oxygen atoms in total. The maximum absolute atomic E-state index is 6.11. The molecule has 3 heterocycles. The van der Waals surface area contributed by atoms with Gasteiger partial charge in [0.15, 0.2) is 0 Å². The quantitative estimate of drug-likeness (QED) is 0.820. The first kappa shape index (κ1) is 18.7. The van der Waals surface area contributed by atoms with Crippen LogP contribution in [0.25, 0.3) is 0 Å². The Morgan fingerprint density at radius 2 is 1.89 bits per heavy atom. The molecule has 0 aliphatic carbocycles. The minimum absolute atomic E-state index is 0.333. The molecule has 2 saturated heterocycles. The summed E-state index contributed by atoms with van der Waals surface area (Å²) in [5, 5.41) is 4.85. The second-order valence-electron chi connectivity index (χ2n) is 6.98. The lowest BCUT2D eigenvalue weighted by Gasteiger charge is -2.28. The van der Waals surface area contributed by atoms with Gasteiger partial charge in [0.2, 0.25) is 5.95 Å². The zero-order chi connectivity index (χ0) is 18.6. The number of halogens is 2. The van der Waals surface area contributed by atoms with Crippen molar-refractivity contribution < 1.29 is 4.74 Å². The Hall–Kier alpha value is -1.60. The summed E-state index contributed by atoms with van der Waals surface area (Å²) in [7, 11) is 0. The van der Waals surface area contributed by atoms with Crippen molar-refractivity contribution in [3.05, 3.63) is 46.1 Å². The number of hydrogen-bond donors (Lipinski definition) is 1. The van der Waals surface area contributed by atoms with Crippen LogP contribution in [0.1, 0.15) is 12.0 Å². The zero-order valence-corrected chi connectivity index (χ0v) is 16.6. The van der Waals surface area contributed by atoms with Gasteiger partial charge >= 0.3 is 0 Å². The first-order valence-electron chi connectivity index (χ1n) is 9.25. The Morgan fingerprint density at radius 1 is 1.11 bits per heavy atom. The van der Waals surface area contributed by atoms with E-state index in [4.69, 9.17) is 27.9 Å². The van der Waals surface area contributed by atoms with E-state index in [9.17, 15) is 0 Å². The normalized spacial score (nSPS) is 20.8. The lowest BCUT2D eigenvalue weighted by molar-refractivity contribution is 0.122. The van der Waals surface area contributed by atoms with Gasteiger partial charge < -0.3 is 15.0 Å². The Labute approximate surface area is 169 Å². The number of ether oxygens (including phenoxy) is 1. The van der Waals surface area contributed by atoms with E-state index < -0.39 is 0 Å². The lowest BCUT2D eigenvalue weighted by atomic mass is 10.2. The van der Waals surface area contributed by atoms with Gasteiger partial charge in [0.05, 0.1) is 13.2 Å². The van der Waals surface area contributed by atoms with Crippen LogP contribution in [-0.4, -0.2) is 60.3 Å². The first-order valence-corrected chi connectivity index (χ1v) is 10.0. The van der Waals surface area contributed by atoms with E-state index in [1.165, 1.54) is 0 Å². The van der Waals surface area contributed by atoms with Gasteiger partial charge in [-0.1, -0.05) is 23.2 Å². The number of rotatable bonds is 5. The highest BCUT2D eigenvalue weighted by Gasteiger charge is 2.23. The van der Waals surface area contributed by atoms with Crippen molar-refractivity contribution in [2.24, 2.45) is 0 Å². The van der Waals surface area contributed by atoms with Crippen LogP contribution in [0.15, 0.2) is 30.5 Å². The molecule has 2 fully saturated rings. The molecule has 1 aromatic heterocycles. The summed E-state index contributed by atoms with van der Waals surface area (Å²) in [5.41, 5.74) is 1.14. The summed E-state index contributed by atoms with van der Waals surface area (Å²) < 4.78 is 5.41. The first-order chi connectivity index (χ1) is 13.2. The van der Waals surface area contributed by atoms with E-state index in [1.807, 2.05) is 24.4 Å². The maximum Gasteiger partial charge on any atom is 0.224 e. The molecule has 1 aromatic carbocycles. The summed E-state index contributed by atoms with van der Waals surface area (Å²) in [6, 6.07) is 8.01. The minimum atomic E-state index is 0.333. The van der Waals surface area contributed by atoms with Crippen LogP contribution in [0.2, 0.25) is 10.0 Å². The summed E-state index contributed by atoms with van der Waals surface area (Å²) >= 11 is 12.2. The predicted octanol–water partition coefficient (Wildman–Crippen LogP) is 3.31. The van der Waals surface area contributed by atoms with E-state index in [2.05, 4.69) is 25.1 Å². The largest absolute Gasteiger partial charge is 0.378 e. The Bertz CT molecular complexity index is 764. The van der Waals surface area contributed by atoms with Gasteiger partial charge in [0.1, 0.15) is 5.82 Å². The molecule has 27 heavy (non-hydrogen) atoms. The molecule has 2 aromatic rings. The van der Waals surface area contributed by atoms with Crippen molar-refractivity contribution in [2.75, 3.05) is 49.6 Å². The second kappa shape index (κ2) is 8.61. The van der Waals surface area contributed by atoms with E-state index in [1.54, 1.807) is 6.07 Å². The summed E-state index contributed by atoms with van der Waals surface area (Å²) in [5.74, 6) is 1.65. The van der Waals surface area contributed by atoms with Crippen LogP contribution >= 0.6 is 23.2 Å². The molecule has 1 unspecified atom stereocenters. The monoisotopic (exact) mass is 407 g/mol. The number of nitrogens with one attached hydrogen (secondary N) is 1. The number of benzene rings is 1. The molecule has 2 aliphatic rings. The molecule has 4 rings (SSSR count). The Kier molecular flexibility index (Phi) is 5.98. The zero-order valence-electron chi connectivity index (χ0n) is 15.1. The van der Waals surface area contributed by atoms with Gasteiger partial charge in [-0.15, -0.1) is 0 Å². The van der Waals surface area contributed by atoms with Crippen molar-refractivity contribution in [3.8, 4) is 0 Å². The number of nitrogens with zero attached hydrogens (tertiary/aromatic N) is 4. The third-order valence-electron chi connectivity index (χ3n) is 4.91. The third-order valence-corrected chi connectivity index (χ3v) is 5.35. The van der Waals surface area contributed by atoms with E-state index in [-0.39, 0.29) is 0 Å². The van der Waals surface area contributed by atoms with E-state index in [0.29, 0.717) is 22.0 Å². The van der Waals surface area contributed by atoms with Crippen LogP contribution < -0.4 is 10.2 Å². The fourth-order valence-corrected chi connectivity index (χ4v) is 4.20. The molecule has 0 saturated carbocycles. The summed E-state index contributed by atoms with van der Waals surface area (Å²) in [6.07, 6.45) is 2.88. The van der Waals surface area contributed by atoms with E-state index in [0.717, 1.165) is 63.7 Å². The molecule has 0 amide bonds. The molecule has 144 valence electrons. The molecule has 0 radical (unpaired) electrons. The fraction of sp³-hybridized carbons (Fsp3) is 0.474. The van der Waals surface area contributed by atoms with Gasteiger partial charge in [-0.05, 0) is 36.2 Å². The van der Waals surface area contributed by atoms with Gasteiger partial charge in [0, 0.05) is 55.0 Å². The number of aromatic nitrogens is 2. The van der Waals surface area contributed by atoms with Crippen LogP contribution in [-0.2, 0) is 11.3 Å². The molecule has 2 aliphatic heterocycles.